The molecule has 1 aromatic heterocycles. The van der Waals surface area contributed by atoms with Crippen LogP contribution in [0.5, 0.6) is 5.75 Å². The molecule has 0 aliphatic rings. The maximum absolute atomic E-state index is 12.1. The molecule has 2 aromatic rings. The Morgan fingerprint density at radius 1 is 1.24 bits per heavy atom. The highest BCUT2D eigenvalue weighted by Gasteiger charge is 2.13. The average molecular weight is 306 g/mol. The zero-order valence-corrected chi connectivity index (χ0v) is 13.4. The third kappa shape index (κ3) is 3.74. The van der Waals surface area contributed by atoms with Crippen LogP contribution in [0.2, 0.25) is 0 Å². The second-order valence-electron chi connectivity index (χ2n) is 4.88. The molecule has 0 bridgehead atoms. The SMILES string of the molecule is CCOc1ccc(-c2c(C)sc(=O)n2CCCCN)cc1. The lowest BCUT2D eigenvalue weighted by molar-refractivity contribution is 0.340. The Kier molecular flexibility index (Phi) is 5.59. The van der Waals surface area contributed by atoms with Gasteiger partial charge in [-0.2, -0.15) is 0 Å². The van der Waals surface area contributed by atoms with Crippen LogP contribution >= 0.6 is 11.3 Å². The molecular weight excluding hydrogens is 284 g/mol. The summed E-state index contributed by atoms with van der Waals surface area (Å²) in [4.78, 5) is 13.3. The van der Waals surface area contributed by atoms with E-state index in [-0.39, 0.29) is 4.87 Å². The molecule has 0 aliphatic heterocycles. The van der Waals surface area contributed by atoms with Gasteiger partial charge in [0.1, 0.15) is 5.75 Å². The van der Waals surface area contributed by atoms with Crippen molar-refractivity contribution in [3.05, 3.63) is 38.8 Å². The third-order valence-electron chi connectivity index (χ3n) is 3.34. The van der Waals surface area contributed by atoms with Gasteiger partial charge in [0, 0.05) is 11.4 Å². The summed E-state index contributed by atoms with van der Waals surface area (Å²) in [6.45, 7) is 6.00. The van der Waals surface area contributed by atoms with E-state index in [4.69, 9.17) is 10.5 Å². The number of unbranched alkanes of at least 4 members (excludes halogenated alkanes) is 1. The number of nitrogens with zero attached hydrogens (tertiary/aromatic N) is 1. The average Bonchev–Trinajstić information content (AvgIpc) is 2.75. The molecule has 0 amide bonds. The standard InChI is InChI=1S/C16H22N2O2S/c1-3-20-14-8-6-13(7-9-14)15-12(2)21-16(19)18(15)11-5-4-10-17/h6-9H,3-5,10-11,17H2,1-2H3. The summed E-state index contributed by atoms with van der Waals surface area (Å²) < 4.78 is 7.33. The fourth-order valence-electron chi connectivity index (χ4n) is 2.37. The molecule has 0 aliphatic carbocycles. The van der Waals surface area contributed by atoms with Crippen molar-refractivity contribution in [3.8, 4) is 17.0 Å². The number of hydrogen-bond acceptors (Lipinski definition) is 4. The van der Waals surface area contributed by atoms with Gasteiger partial charge in [-0.05, 0) is 63.1 Å². The first-order valence-electron chi connectivity index (χ1n) is 7.31. The lowest BCUT2D eigenvalue weighted by atomic mass is 10.1. The summed E-state index contributed by atoms with van der Waals surface area (Å²) in [5.74, 6) is 0.853. The Bertz CT molecular complexity index is 629. The van der Waals surface area contributed by atoms with Gasteiger partial charge in [0.15, 0.2) is 0 Å². The first-order chi connectivity index (χ1) is 10.2. The fourth-order valence-corrected chi connectivity index (χ4v) is 3.25. The van der Waals surface area contributed by atoms with Crippen molar-refractivity contribution >= 4 is 11.3 Å². The number of aromatic nitrogens is 1. The molecule has 2 rings (SSSR count). The third-order valence-corrected chi connectivity index (χ3v) is 4.23. The van der Waals surface area contributed by atoms with Crippen molar-refractivity contribution in [2.24, 2.45) is 5.73 Å². The molecule has 0 saturated heterocycles. The highest BCUT2D eigenvalue weighted by atomic mass is 32.1. The van der Waals surface area contributed by atoms with Gasteiger partial charge in [-0.25, -0.2) is 0 Å². The van der Waals surface area contributed by atoms with Crippen molar-refractivity contribution in [3.63, 3.8) is 0 Å². The maximum atomic E-state index is 12.1. The zero-order chi connectivity index (χ0) is 15.2. The largest absolute Gasteiger partial charge is 0.494 e. The molecule has 114 valence electrons. The molecule has 0 atom stereocenters. The smallest absolute Gasteiger partial charge is 0.307 e. The van der Waals surface area contributed by atoms with E-state index in [1.165, 1.54) is 11.3 Å². The lowest BCUT2D eigenvalue weighted by Crippen LogP contribution is -2.15. The Hall–Kier alpha value is -1.59. The molecule has 2 N–H and O–H groups in total. The second-order valence-corrected chi connectivity index (χ2v) is 6.04. The molecule has 0 saturated carbocycles. The summed E-state index contributed by atoms with van der Waals surface area (Å²) >= 11 is 1.31. The monoisotopic (exact) mass is 306 g/mol. The first kappa shape index (κ1) is 15.8. The summed E-state index contributed by atoms with van der Waals surface area (Å²) in [5, 5.41) is 0. The van der Waals surface area contributed by atoms with Crippen LogP contribution in [-0.2, 0) is 6.54 Å². The van der Waals surface area contributed by atoms with Crippen molar-refractivity contribution in [1.82, 2.24) is 4.57 Å². The highest BCUT2D eigenvalue weighted by molar-refractivity contribution is 7.09. The topological polar surface area (TPSA) is 57.2 Å². The first-order valence-corrected chi connectivity index (χ1v) is 8.12. The van der Waals surface area contributed by atoms with Gasteiger partial charge in [0.05, 0.1) is 12.3 Å². The normalized spacial score (nSPS) is 10.8. The zero-order valence-electron chi connectivity index (χ0n) is 12.6. The van der Waals surface area contributed by atoms with Crippen LogP contribution in [0, 0.1) is 6.92 Å². The number of thiazole rings is 1. The van der Waals surface area contributed by atoms with Gasteiger partial charge in [-0.15, -0.1) is 0 Å². The number of ether oxygens (including phenoxy) is 1. The molecule has 1 aromatic carbocycles. The van der Waals surface area contributed by atoms with Crippen molar-refractivity contribution in [2.75, 3.05) is 13.2 Å². The Morgan fingerprint density at radius 3 is 2.57 bits per heavy atom. The predicted molar refractivity (Wildman–Crippen MR) is 88.2 cm³/mol. The van der Waals surface area contributed by atoms with Crippen LogP contribution in [0.3, 0.4) is 0 Å². The van der Waals surface area contributed by atoms with Crippen molar-refractivity contribution in [1.29, 1.82) is 0 Å². The van der Waals surface area contributed by atoms with Crippen LogP contribution in [-0.4, -0.2) is 17.7 Å². The number of nitrogens with two attached hydrogens (primary N) is 1. The van der Waals surface area contributed by atoms with Crippen molar-refractivity contribution in [2.45, 2.75) is 33.2 Å². The minimum absolute atomic E-state index is 0.105. The van der Waals surface area contributed by atoms with E-state index < -0.39 is 0 Å². The van der Waals surface area contributed by atoms with Gasteiger partial charge in [-0.1, -0.05) is 11.3 Å². The maximum Gasteiger partial charge on any atom is 0.307 e. The fraction of sp³-hybridized carbons (Fsp3) is 0.438. The number of benzene rings is 1. The molecule has 5 heteroatoms. The molecule has 21 heavy (non-hydrogen) atoms. The number of hydrogen-bond donors (Lipinski definition) is 1. The van der Waals surface area contributed by atoms with E-state index in [0.717, 1.165) is 41.3 Å². The summed E-state index contributed by atoms with van der Waals surface area (Å²) in [5.41, 5.74) is 7.61. The molecular formula is C16H22N2O2S. The quantitative estimate of drug-likeness (QED) is 0.800. The van der Waals surface area contributed by atoms with Gasteiger partial charge in [-0.3, -0.25) is 9.36 Å². The van der Waals surface area contributed by atoms with Crippen LogP contribution in [0.1, 0.15) is 24.6 Å². The van der Waals surface area contributed by atoms with Gasteiger partial charge < -0.3 is 10.5 Å². The molecule has 0 unspecified atom stereocenters. The minimum atomic E-state index is 0.105. The molecule has 0 fully saturated rings. The van der Waals surface area contributed by atoms with Gasteiger partial charge in [0.25, 0.3) is 0 Å². The van der Waals surface area contributed by atoms with Gasteiger partial charge >= 0.3 is 4.87 Å². The number of aryl methyl sites for hydroxylation is 1. The van der Waals surface area contributed by atoms with Crippen molar-refractivity contribution < 1.29 is 4.74 Å². The van der Waals surface area contributed by atoms with Gasteiger partial charge in [0.2, 0.25) is 0 Å². The summed E-state index contributed by atoms with van der Waals surface area (Å²) in [7, 11) is 0. The van der Waals surface area contributed by atoms with E-state index >= 15 is 0 Å². The number of rotatable bonds is 7. The second kappa shape index (κ2) is 7.43. The van der Waals surface area contributed by atoms with Crippen LogP contribution in [0.4, 0.5) is 0 Å². The molecule has 4 nitrogen and oxygen atoms in total. The highest BCUT2D eigenvalue weighted by Crippen LogP contribution is 2.27. The van der Waals surface area contributed by atoms with E-state index in [1.54, 1.807) is 0 Å². The van der Waals surface area contributed by atoms with E-state index in [0.29, 0.717) is 13.2 Å². The summed E-state index contributed by atoms with van der Waals surface area (Å²) in [6.07, 6.45) is 1.86. The minimum Gasteiger partial charge on any atom is -0.494 e. The predicted octanol–water partition coefficient (Wildman–Crippen LogP) is 3.02. The molecule has 0 spiro atoms. The van der Waals surface area contributed by atoms with Crippen LogP contribution in [0.15, 0.2) is 29.1 Å². The van der Waals surface area contributed by atoms with E-state index in [1.807, 2.05) is 42.7 Å². The molecule has 1 heterocycles. The van der Waals surface area contributed by atoms with E-state index in [2.05, 4.69) is 0 Å². The Balaban J connectivity index is 2.31. The van der Waals surface area contributed by atoms with Crippen LogP contribution < -0.4 is 15.3 Å². The Labute approximate surface area is 129 Å². The molecule has 0 radical (unpaired) electrons. The Morgan fingerprint density at radius 2 is 1.95 bits per heavy atom. The lowest BCUT2D eigenvalue weighted by Gasteiger charge is -2.10. The van der Waals surface area contributed by atoms with Crippen LogP contribution in [0.25, 0.3) is 11.3 Å². The summed E-state index contributed by atoms with van der Waals surface area (Å²) in [6, 6.07) is 7.92. The van der Waals surface area contributed by atoms with E-state index in [9.17, 15) is 4.79 Å².